The van der Waals surface area contributed by atoms with E-state index >= 15 is 0 Å². The van der Waals surface area contributed by atoms with Crippen LogP contribution in [0.1, 0.15) is 271 Å². The number of ether oxygens (including phenoxy) is 3. The summed E-state index contributed by atoms with van der Waals surface area (Å²) in [6.07, 6.45) is 60.6. The molecule has 1 N–H and O–H groups in total. The number of hydrogen-bond acceptors (Lipinski definition) is 6. The van der Waals surface area contributed by atoms with Crippen LogP contribution in [-0.2, 0) is 28.6 Å². The van der Waals surface area contributed by atoms with Gasteiger partial charge in [-0.05, 0) is 70.6 Å². The number of carboxylic acids is 1. The zero-order chi connectivity index (χ0) is 49.2. The molecule has 0 aromatic heterocycles. The largest absolute Gasteiger partial charge is 0.477 e. The van der Waals surface area contributed by atoms with Crippen LogP contribution < -0.4 is 0 Å². The number of aliphatic carboxylic acids is 1. The van der Waals surface area contributed by atoms with Gasteiger partial charge in [0.05, 0.1) is 34.4 Å². The molecule has 67 heavy (non-hydrogen) atoms. The standard InChI is InChI=1S/C59H109NO7/c1-6-8-10-12-14-16-18-20-22-24-26-28-29-30-32-34-36-38-40-42-44-46-48-50-58(62)67-55(53-65-52-51-56(59(63)64)60(3,4)5)54-66-57(61)49-47-45-43-41-39-37-35-33-31-27-25-23-21-19-17-15-13-11-9-7-2/h26-28,30-32,55-56H,6-25,29,33-54H2,1-5H3/p+1/b28-26+,31-27+,32-30+. The lowest BCUT2D eigenvalue weighted by Gasteiger charge is -2.31. The molecule has 0 spiro atoms. The number of nitrogens with zero attached hydrogens (tertiary/aromatic N) is 1. The molecular formula is C59H110NO7+. The Balaban J connectivity index is 4.20. The second-order valence-corrected chi connectivity index (χ2v) is 20.5. The van der Waals surface area contributed by atoms with E-state index in [4.69, 9.17) is 14.2 Å². The SMILES string of the molecule is CCCCCCCCCCC/C=C/C/C=C/CCCCCCCCCC(=O)OC(COCCC(C(=O)O)[N+](C)(C)C)COC(=O)CCCCCCCCC/C=C/CCCCCCCCCCC. The van der Waals surface area contributed by atoms with Crippen molar-refractivity contribution in [3.05, 3.63) is 36.5 Å². The molecule has 0 rings (SSSR count). The summed E-state index contributed by atoms with van der Waals surface area (Å²) >= 11 is 0. The van der Waals surface area contributed by atoms with Crippen LogP contribution in [0.4, 0.5) is 0 Å². The van der Waals surface area contributed by atoms with E-state index in [-0.39, 0.29) is 36.2 Å². The van der Waals surface area contributed by atoms with Gasteiger partial charge in [0.25, 0.3) is 0 Å². The molecule has 0 aliphatic carbocycles. The van der Waals surface area contributed by atoms with Crippen LogP contribution in [0.2, 0.25) is 0 Å². The molecule has 0 heterocycles. The molecule has 2 atom stereocenters. The maximum atomic E-state index is 12.8. The van der Waals surface area contributed by atoms with Crippen LogP contribution in [0, 0.1) is 0 Å². The van der Waals surface area contributed by atoms with Gasteiger partial charge in [-0.1, -0.05) is 217 Å². The fourth-order valence-corrected chi connectivity index (χ4v) is 8.59. The molecule has 0 saturated heterocycles. The van der Waals surface area contributed by atoms with E-state index in [2.05, 4.69) is 50.3 Å². The minimum atomic E-state index is -0.874. The Morgan fingerprint density at radius 2 is 0.791 bits per heavy atom. The molecular weight excluding hydrogens is 835 g/mol. The van der Waals surface area contributed by atoms with Crippen molar-refractivity contribution in [2.75, 3.05) is 41.0 Å². The number of hydrogen-bond donors (Lipinski definition) is 1. The van der Waals surface area contributed by atoms with Gasteiger partial charge >= 0.3 is 17.9 Å². The average molecular weight is 946 g/mol. The van der Waals surface area contributed by atoms with Crippen LogP contribution in [-0.4, -0.2) is 80.6 Å². The van der Waals surface area contributed by atoms with Crippen LogP contribution in [0.3, 0.4) is 0 Å². The van der Waals surface area contributed by atoms with Gasteiger partial charge in [0.15, 0.2) is 12.1 Å². The van der Waals surface area contributed by atoms with Crippen LogP contribution in [0.5, 0.6) is 0 Å². The van der Waals surface area contributed by atoms with Gasteiger partial charge in [0, 0.05) is 19.3 Å². The molecule has 0 aromatic rings. The van der Waals surface area contributed by atoms with Gasteiger partial charge in [-0.2, -0.15) is 0 Å². The second-order valence-electron chi connectivity index (χ2n) is 20.5. The van der Waals surface area contributed by atoms with Gasteiger partial charge in [-0.25, -0.2) is 4.79 Å². The molecule has 0 bridgehead atoms. The third kappa shape index (κ3) is 48.4. The van der Waals surface area contributed by atoms with Crippen LogP contribution in [0.25, 0.3) is 0 Å². The minimum Gasteiger partial charge on any atom is -0.477 e. The van der Waals surface area contributed by atoms with E-state index in [1.807, 2.05) is 21.1 Å². The third-order valence-corrected chi connectivity index (χ3v) is 13.0. The smallest absolute Gasteiger partial charge is 0.362 e. The number of quaternary nitrogens is 1. The lowest BCUT2D eigenvalue weighted by molar-refractivity contribution is -0.887. The van der Waals surface area contributed by atoms with E-state index in [1.54, 1.807) is 0 Å². The molecule has 0 aromatic carbocycles. The summed E-state index contributed by atoms with van der Waals surface area (Å²) in [5.41, 5.74) is 0. The maximum absolute atomic E-state index is 12.8. The number of allylic oxidation sites excluding steroid dienone is 6. The van der Waals surface area contributed by atoms with Crippen molar-refractivity contribution in [1.82, 2.24) is 0 Å². The summed E-state index contributed by atoms with van der Waals surface area (Å²) in [6, 6.07) is -0.617. The monoisotopic (exact) mass is 945 g/mol. The van der Waals surface area contributed by atoms with Gasteiger partial charge < -0.3 is 23.8 Å². The average Bonchev–Trinajstić information content (AvgIpc) is 3.29. The minimum absolute atomic E-state index is 0.0544. The van der Waals surface area contributed by atoms with Crippen molar-refractivity contribution in [2.45, 2.75) is 283 Å². The first-order chi connectivity index (χ1) is 32.6. The van der Waals surface area contributed by atoms with E-state index in [0.29, 0.717) is 19.3 Å². The number of likely N-dealkylation sites (N-methyl/N-ethyl adjacent to an activating group) is 1. The van der Waals surface area contributed by atoms with Crippen molar-refractivity contribution in [3.8, 4) is 0 Å². The molecule has 0 aliphatic heterocycles. The third-order valence-electron chi connectivity index (χ3n) is 13.0. The molecule has 0 aliphatic rings. The number of unbranched alkanes of at least 4 members (excludes halogenated alkanes) is 32. The van der Waals surface area contributed by atoms with Crippen molar-refractivity contribution >= 4 is 17.9 Å². The molecule has 8 heteroatoms. The maximum Gasteiger partial charge on any atom is 0.362 e. The lowest BCUT2D eigenvalue weighted by Crippen LogP contribution is -2.50. The Hall–Kier alpha value is -2.45. The Labute approximate surface area is 414 Å². The molecule has 0 radical (unpaired) electrons. The van der Waals surface area contributed by atoms with Gasteiger partial charge in [-0.3, -0.25) is 9.59 Å². The van der Waals surface area contributed by atoms with Gasteiger partial charge in [0.2, 0.25) is 0 Å². The predicted molar refractivity (Wildman–Crippen MR) is 285 cm³/mol. The van der Waals surface area contributed by atoms with Crippen LogP contribution in [0.15, 0.2) is 36.5 Å². The highest BCUT2D eigenvalue weighted by Crippen LogP contribution is 2.16. The van der Waals surface area contributed by atoms with Crippen molar-refractivity contribution < 1.29 is 38.2 Å². The molecule has 0 amide bonds. The summed E-state index contributed by atoms with van der Waals surface area (Å²) in [5, 5.41) is 9.67. The van der Waals surface area contributed by atoms with Crippen molar-refractivity contribution in [1.29, 1.82) is 0 Å². The Morgan fingerprint density at radius 3 is 1.16 bits per heavy atom. The number of carboxylic acid groups (broad SMARTS) is 1. The summed E-state index contributed by atoms with van der Waals surface area (Å²) < 4.78 is 17.4. The number of rotatable bonds is 52. The Morgan fingerprint density at radius 1 is 0.448 bits per heavy atom. The molecule has 0 fully saturated rings. The van der Waals surface area contributed by atoms with E-state index in [1.165, 1.54) is 186 Å². The topological polar surface area (TPSA) is 99.1 Å². The summed E-state index contributed by atoms with van der Waals surface area (Å²) in [7, 11) is 5.54. The van der Waals surface area contributed by atoms with Crippen molar-refractivity contribution in [3.63, 3.8) is 0 Å². The summed E-state index contributed by atoms with van der Waals surface area (Å²) in [5.74, 6) is -1.47. The highest BCUT2D eigenvalue weighted by Gasteiger charge is 2.31. The molecule has 8 nitrogen and oxygen atoms in total. The molecule has 2 unspecified atom stereocenters. The zero-order valence-electron chi connectivity index (χ0n) is 44.9. The number of carbonyl (C=O) groups excluding carboxylic acids is 2. The van der Waals surface area contributed by atoms with Crippen molar-refractivity contribution in [2.24, 2.45) is 0 Å². The fourth-order valence-electron chi connectivity index (χ4n) is 8.59. The van der Waals surface area contributed by atoms with Crippen LogP contribution >= 0.6 is 0 Å². The Kier molecular flexibility index (Phi) is 48.1. The lowest BCUT2D eigenvalue weighted by atomic mass is 10.1. The highest BCUT2D eigenvalue weighted by atomic mass is 16.6. The van der Waals surface area contributed by atoms with Gasteiger partial charge in [-0.15, -0.1) is 0 Å². The normalized spacial score (nSPS) is 13.0. The van der Waals surface area contributed by atoms with Gasteiger partial charge in [0.1, 0.15) is 6.61 Å². The second kappa shape index (κ2) is 50.0. The van der Waals surface area contributed by atoms with E-state index in [9.17, 15) is 19.5 Å². The first kappa shape index (κ1) is 64.5. The zero-order valence-corrected chi connectivity index (χ0v) is 44.9. The Bertz CT molecular complexity index is 1190. The predicted octanol–water partition coefficient (Wildman–Crippen LogP) is 16.9. The first-order valence-electron chi connectivity index (χ1n) is 28.5. The summed E-state index contributed by atoms with van der Waals surface area (Å²) in [6.45, 7) is 4.77. The number of carbonyl (C=O) groups is 3. The first-order valence-corrected chi connectivity index (χ1v) is 28.5. The fraction of sp³-hybridized carbons (Fsp3) is 0.847. The van der Waals surface area contributed by atoms with E-state index in [0.717, 1.165) is 51.4 Å². The molecule has 0 saturated carbocycles. The molecule has 392 valence electrons. The number of esters is 2. The summed E-state index contributed by atoms with van der Waals surface area (Å²) in [4.78, 5) is 37.3. The quantitative estimate of drug-likeness (QED) is 0.0281. The highest BCUT2D eigenvalue weighted by molar-refractivity contribution is 5.72. The van der Waals surface area contributed by atoms with E-state index < -0.39 is 18.1 Å².